The third-order valence-electron chi connectivity index (χ3n) is 2.53. The second-order valence-electron chi connectivity index (χ2n) is 4.19. The van der Waals surface area contributed by atoms with E-state index in [1.54, 1.807) is 6.92 Å². The zero-order valence-electron chi connectivity index (χ0n) is 11.0. The average Bonchev–Trinajstić information content (AvgIpc) is 2.85. The molecule has 0 aliphatic rings. The number of aryl methyl sites for hydroxylation is 1. The predicted molar refractivity (Wildman–Crippen MR) is 77.6 cm³/mol. The summed E-state index contributed by atoms with van der Waals surface area (Å²) in [4.78, 5) is 8.24. The number of anilines is 1. The number of rotatable bonds is 5. The number of pyridine rings is 1. The molecule has 0 aromatic carbocycles. The number of hydrogen-bond donors (Lipinski definition) is 3. The van der Waals surface area contributed by atoms with Crippen molar-refractivity contribution < 1.29 is 8.42 Å². The number of aromatic nitrogens is 2. The van der Waals surface area contributed by atoms with Gasteiger partial charge in [-0.05, 0) is 19.9 Å². The maximum atomic E-state index is 12.3. The highest BCUT2D eigenvalue weighted by atomic mass is 32.2. The van der Waals surface area contributed by atoms with E-state index in [-0.39, 0.29) is 10.7 Å². The maximum Gasteiger partial charge on any atom is 0.241 e. The third-order valence-corrected chi connectivity index (χ3v) is 5.21. The molecule has 108 valence electrons. The van der Waals surface area contributed by atoms with E-state index in [0.717, 1.165) is 10.7 Å². The highest BCUT2D eigenvalue weighted by Crippen LogP contribution is 2.20. The van der Waals surface area contributed by atoms with Crippen LogP contribution in [0.1, 0.15) is 23.7 Å². The summed E-state index contributed by atoms with van der Waals surface area (Å²) in [6, 6.07) is 2.37. The molecule has 0 aliphatic heterocycles. The molecule has 1 atom stereocenters. The van der Waals surface area contributed by atoms with E-state index in [1.807, 2.05) is 12.3 Å². The summed E-state index contributed by atoms with van der Waals surface area (Å²) >= 11 is 1.42. The molecule has 0 aliphatic carbocycles. The van der Waals surface area contributed by atoms with E-state index >= 15 is 0 Å². The van der Waals surface area contributed by atoms with Crippen molar-refractivity contribution in [3.63, 3.8) is 0 Å². The fourth-order valence-corrected chi connectivity index (χ4v) is 3.68. The van der Waals surface area contributed by atoms with Crippen LogP contribution in [0.4, 0.5) is 5.82 Å². The van der Waals surface area contributed by atoms with Gasteiger partial charge in [-0.3, -0.25) is 0 Å². The number of nitrogen functional groups attached to an aromatic ring is 1. The largest absolute Gasteiger partial charge is 0.308 e. The minimum Gasteiger partial charge on any atom is -0.308 e. The van der Waals surface area contributed by atoms with Crippen LogP contribution in [0, 0.1) is 6.92 Å². The second-order valence-corrected chi connectivity index (χ2v) is 6.79. The minimum atomic E-state index is -3.65. The van der Waals surface area contributed by atoms with Crippen LogP contribution < -0.4 is 16.0 Å². The van der Waals surface area contributed by atoms with E-state index in [4.69, 9.17) is 5.84 Å². The van der Waals surface area contributed by atoms with Crippen LogP contribution in [0.2, 0.25) is 0 Å². The monoisotopic (exact) mass is 313 g/mol. The number of nitrogens with zero attached hydrogens (tertiary/aromatic N) is 2. The average molecular weight is 313 g/mol. The number of hydrogen-bond acceptors (Lipinski definition) is 7. The number of thiazole rings is 1. The van der Waals surface area contributed by atoms with Crippen LogP contribution >= 0.6 is 11.3 Å². The maximum absolute atomic E-state index is 12.3. The van der Waals surface area contributed by atoms with E-state index < -0.39 is 16.1 Å². The van der Waals surface area contributed by atoms with Crippen molar-refractivity contribution in [1.82, 2.24) is 14.7 Å². The molecular formula is C11H15N5O2S2. The van der Waals surface area contributed by atoms with E-state index in [1.165, 1.54) is 29.7 Å². The summed E-state index contributed by atoms with van der Waals surface area (Å²) in [5, 5.41) is 2.60. The van der Waals surface area contributed by atoms with Crippen molar-refractivity contribution in [2.45, 2.75) is 24.8 Å². The van der Waals surface area contributed by atoms with Crippen LogP contribution in [-0.4, -0.2) is 18.4 Å². The number of nitrogens with one attached hydrogen (secondary N) is 2. The molecule has 0 fully saturated rings. The lowest BCUT2D eigenvalue weighted by molar-refractivity contribution is 0.566. The summed E-state index contributed by atoms with van der Waals surface area (Å²) in [6.07, 6.45) is 1.38. The van der Waals surface area contributed by atoms with Gasteiger partial charge in [0.2, 0.25) is 10.0 Å². The van der Waals surface area contributed by atoms with Gasteiger partial charge in [0.25, 0.3) is 0 Å². The van der Waals surface area contributed by atoms with Crippen LogP contribution in [0.3, 0.4) is 0 Å². The molecule has 2 heterocycles. The van der Waals surface area contributed by atoms with Crippen LogP contribution in [0.25, 0.3) is 0 Å². The number of nitrogens with two attached hydrogens (primary N) is 1. The Labute approximate surface area is 121 Å². The molecule has 9 heteroatoms. The molecule has 20 heavy (non-hydrogen) atoms. The summed E-state index contributed by atoms with van der Waals surface area (Å²) in [6.45, 7) is 3.61. The van der Waals surface area contributed by atoms with Gasteiger partial charge in [0.05, 0.1) is 10.9 Å². The smallest absolute Gasteiger partial charge is 0.241 e. The van der Waals surface area contributed by atoms with Crippen LogP contribution in [-0.2, 0) is 10.0 Å². The summed E-state index contributed by atoms with van der Waals surface area (Å²) in [7, 11) is -3.65. The normalized spacial score (nSPS) is 13.2. The minimum absolute atomic E-state index is 0.0978. The van der Waals surface area contributed by atoms with Gasteiger partial charge < -0.3 is 5.43 Å². The Morgan fingerprint density at radius 2 is 2.20 bits per heavy atom. The molecule has 2 aromatic rings. The van der Waals surface area contributed by atoms with E-state index in [2.05, 4.69) is 20.1 Å². The Balaban J connectivity index is 2.22. The van der Waals surface area contributed by atoms with Gasteiger partial charge in [0, 0.05) is 23.3 Å². The molecule has 4 N–H and O–H groups in total. The third kappa shape index (κ3) is 3.31. The topological polar surface area (TPSA) is 110 Å². The highest BCUT2D eigenvalue weighted by molar-refractivity contribution is 7.89. The Hall–Kier alpha value is -1.55. The lowest BCUT2D eigenvalue weighted by Crippen LogP contribution is -2.27. The first-order valence-electron chi connectivity index (χ1n) is 5.79. The van der Waals surface area contributed by atoms with Crippen LogP contribution in [0.5, 0.6) is 0 Å². The standard InChI is InChI=1S/C11H15N5O2S2/c1-7-6-19-11(14-7)8(2)16-20(17,18)9-3-4-13-10(5-9)15-12/h3-6,8,16H,12H2,1-2H3,(H,13,15). The lowest BCUT2D eigenvalue weighted by Gasteiger charge is -2.12. The van der Waals surface area contributed by atoms with Crippen molar-refractivity contribution >= 4 is 27.2 Å². The number of hydrazine groups is 1. The Morgan fingerprint density at radius 3 is 2.80 bits per heavy atom. The van der Waals surface area contributed by atoms with Gasteiger partial charge in [-0.1, -0.05) is 0 Å². The predicted octanol–water partition coefficient (Wildman–Crippen LogP) is 1.17. The molecular weight excluding hydrogens is 298 g/mol. The Bertz CT molecular complexity index is 698. The molecule has 0 amide bonds. The summed E-state index contributed by atoms with van der Waals surface area (Å²) < 4.78 is 27.1. The fraction of sp³-hybridized carbons (Fsp3) is 0.273. The van der Waals surface area contributed by atoms with Crippen molar-refractivity contribution in [1.29, 1.82) is 0 Å². The van der Waals surface area contributed by atoms with Crippen molar-refractivity contribution in [2.24, 2.45) is 5.84 Å². The van der Waals surface area contributed by atoms with Gasteiger partial charge in [0.1, 0.15) is 10.8 Å². The first kappa shape index (κ1) is 14.9. The molecule has 0 radical (unpaired) electrons. The highest BCUT2D eigenvalue weighted by Gasteiger charge is 2.20. The van der Waals surface area contributed by atoms with Crippen molar-refractivity contribution in [3.05, 3.63) is 34.4 Å². The van der Waals surface area contributed by atoms with Crippen molar-refractivity contribution in [2.75, 3.05) is 5.43 Å². The first-order chi connectivity index (χ1) is 9.42. The molecule has 1 unspecified atom stereocenters. The molecule has 0 saturated heterocycles. The molecule has 0 bridgehead atoms. The summed E-state index contributed by atoms with van der Waals surface area (Å²) in [5.74, 6) is 5.50. The molecule has 7 nitrogen and oxygen atoms in total. The SMILES string of the molecule is Cc1csc(C(C)NS(=O)(=O)c2ccnc(NN)c2)n1. The molecule has 0 saturated carbocycles. The van der Waals surface area contributed by atoms with Gasteiger partial charge in [0.15, 0.2) is 0 Å². The zero-order chi connectivity index (χ0) is 14.8. The lowest BCUT2D eigenvalue weighted by atomic mass is 10.4. The Morgan fingerprint density at radius 1 is 1.45 bits per heavy atom. The number of sulfonamides is 1. The Kier molecular flexibility index (Phi) is 4.33. The first-order valence-corrected chi connectivity index (χ1v) is 8.15. The van der Waals surface area contributed by atoms with Gasteiger partial charge in [-0.25, -0.2) is 29.0 Å². The van der Waals surface area contributed by atoms with Crippen molar-refractivity contribution in [3.8, 4) is 0 Å². The second kappa shape index (κ2) is 5.83. The summed E-state index contributed by atoms with van der Waals surface area (Å²) in [5.41, 5.74) is 3.18. The van der Waals surface area contributed by atoms with Gasteiger partial charge in [-0.15, -0.1) is 11.3 Å². The van der Waals surface area contributed by atoms with Gasteiger partial charge in [-0.2, -0.15) is 0 Å². The van der Waals surface area contributed by atoms with E-state index in [0.29, 0.717) is 0 Å². The zero-order valence-corrected chi connectivity index (χ0v) is 12.6. The van der Waals surface area contributed by atoms with Gasteiger partial charge >= 0.3 is 0 Å². The fourth-order valence-electron chi connectivity index (χ4n) is 1.58. The molecule has 0 spiro atoms. The molecule has 2 rings (SSSR count). The van der Waals surface area contributed by atoms with E-state index in [9.17, 15) is 8.42 Å². The molecule has 2 aromatic heterocycles. The van der Waals surface area contributed by atoms with Crippen LogP contribution in [0.15, 0.2) is 28.6 Å². The quantitative estimate of drug-likeness (QED) is 0.564.